The van der Waals surface area contributed by atoms with Gasteiger partial charge < -0.3 is 10.1 Å². The van der Waals surface area contributed by atoms with Crippen molar-refractivity contribution in [3.05, 3.63) is 28.5 Å². The van der Waals surface area contributed by atoms with Gasteiger partial charge in [0.25, 0.3) is 5.91 Å². The second-order valence-corrected chi connectivity index (χ2v) is 5.92. The van der Waals surface area contributed by atoms with Crippen LogP contribution in [0.3, 0.4) is 0 Å². The van der Waals surface area contributed by atoms with Gasteiger partial charge in [0.1, 0.15) is 11.6 Å². The number of ether oxygens (including phenoxy) is 1. The summed E-state index contributed by atoms with van der Waals surface area (Å²) in [4.78, 5) is 12.0. The van der Waals surface area contributed by atoms with Crippen LogP contribution < -0.4 is 10.1 Å². The standard InChI is InChI=1S/C14H19BrFNO2/c1-5-14(3,4)17-13(18)9(2)19-12-7-6-10(16)8-11(12)15/h6-9H,5H2,1-4H3,(H,17,18). The Morgan fingerprint density at radius 3 is 2.68 bits per heavy atom. The van der Waals surface area contributed by atoms with Gasteiger partial charge in [0.05, 0.1) is 4.47 Å². The molecule has 0 saturated heterocycles. The smallest absolute Gasteiger partial charge is 0.261 e. The number of carbonyl (C=O) groups is 1. The molecule has 5 heteroatoms. The summed E-state index contributed by atoms with van der Waals surface area (Å²) in [5.74, 6) is -0.107. The minimum Gasteiger partial charge on any atom is -0.480 e. The maximum Gasteiger partial charge on any atom is 0.261 e. The molecule has 0 heterocycles. The van der Waals surface area contributed by atoms with Gasteiger partial charge in [-0.1, -0.05) is 6.92 Å². The first-order valence-corrected chi connectivity index (χ1v) is 6.98. The van der Waals surface area contributed by atoms with E-state index in [1.165, 1.54) is 18.2 Å². The van der Waals surface area contributed by atoms with Gasteiger partial charge in [0.15, 0.2) is 6.10 Å². The molecule has 1 aromatic rings. The first-order valence-electron chi connectivity index (χ1n) is 6.19. The van der Waals surface area contributed by atoms with Gasteiger partial charge in [0, 0.05) is 5.54 Å². The molecule has 1 amide bonds. The van der Waals surface area contributed by atoms with Crippen LogP contribution in [0.25, 0.3) is 0 Å². The highest BCUT2D eigenvalue weighted by molar-refractivity contribution is 9.10. The molecular weight excluding hydrogens is 313 g/mol. The first kappa shape index (κ1) is 16.0. The predicted octanol–water partition coefficient (Wildman–Crippen LogP) is 3.66. The average Bonchev–Trinajstić information content (AvgIpc) is 2.32. The van der Waals surface area contributed by atoms with E-state index in [0.717, 1.165) is 6.42 Å². The largest absolute Gasteiger partial charge is 0.480 e. The lowest BCUT2D eigenvalue weighted by atomic mass is 10.0. The molecule has 0 aliphatic rings. The highest BCUT2D eigenvalue weighted by atomic mass is 79.9. The Labute approximate surface area is 121 Å². The lowest BCUT2D eigenvalue weighted by Gasteiger charge is -2.26. The Morgan fingerprint density at radius 2 is 2.16 bits per heavy atom. The fourth-order valence-electron chi connectivity index (χ4n) is 1.34. The van der Waals surface area contributed by atoms with Crippen molar-refractivity contribution in [2.24, 2.45) is 0 Å². The topological polar surface area (TPSA) is 38.3 Å². The van der Waals surface area contributed by atoms with Crippen molar-refractivity contribution < 1.29 is 13.9 Å². The van der Waals surface area contributed by atoms with E-state index in [2.05, 4.69) is 21.2 Å². The van der Waals surface area contributed by atoms with Crippen molar-refractivity contribution in [2.75, 3.05) is 0 Å². The molecular formula is C14H19BrFNO2. The summed E-state index contributed by atoms with van der Waals surface area (Å²) in [5.41, 5.74) is -0.269. The molecule has 0 radical (unpaired) electrons. The summed E-state index contributed by atoms with van der Waals surface area (Å²) < 4.78 is 19.0. The molecule has 0 bridgehead atoms. The Morgan fingerprint density at radius 1 is 1.53 bits per heavy atom. The second-order valence-electron chi connectivity index (χ2n) is 5.06. The third-order valence-corrected chi connectivity index (χ3v) is 3.53. The average molecular weight is 332 g/mol. The zero-order chi connectivity index (χ0) is 14.6. The van der Waals surface area contributed by atoms with E-state index in [1.54, 1.807) is 6.92 Å². The van der Waals surface area contributed by atoms with Crippen LogP contribution >= 0.6 is 15.9 Å². The molecule has 1 rings (SSSR count). The normalized spacial score (nSPS) is 12.9. The molecule has 0 spiro atoms. The lowest BCUT2D eigenvalue weighted by molar-refractivity contribution is -0.129. The van der Waals surface area contributed by atoms with Crippen molar-refractivity contribution in [1.82, 2.24) is 5.32 Å². The summed E-state index contributed by atoms with van der Waals surface area (Å²) in [6.07, 6.45) is 0.179. The van der Waals surface area contributed by atoms with Crippen LogP contribution in [-0.4, -0.2) is 17.6 Å². The maximum absolute atomic E-state index is 12.9. The zero-order valence-corrected chi connectivity index (χ0v) is 13.2. The van der Waals surface area contributed by atoms with Gasteiger partial charge in [-0.25, -0.2) is 4.39 Å². The summed E-state index contributed by atoms with van der Waals surface area (Å²) in [6.45, 7) is 7.57. The maximum atomic E-state index is 12.9. The van der Waals surface area contributed by atoms with Gasteiger partial charge in [-0.2, -0.15) is 0 Å². The molecule has 1 N–H and O–H groups in total. The molecule has 0 aromatic heterocycles. The van der Waals surface area contributed by atoms with Crippen LogP contribution in [0.15, 0.2) is 22.7 Å². The van der Waals surface area contributed by atoms with Crippen LogP contribution in [0.2, 0.25) is 0 Å². The van der Waals surface area contributed by atoms with Crippen molar-refractivity contribution in [2.45, 2.75) is 45.8 Å². The molecule has 3 nitrogen and oxygen atoms in total. The number of hydrogen-bond acceptors (Lipinski definition) is 2. The molecule has 0 aliphatic carbocycles. The SMILES string of the molecule is CCC(C)(C)NC(=O)C(C)Oc1ccc(F)cc1Br. The fourth-order valence-corrected chi connectivity index (χ4v) is 1.78. The van der Waals surface area contributed by atoms with Crippen LogP contribution in [-0.2, 0) is 4.79 Å². The lowest BCUT2D eigenvalue weighted by Crippen LogP contribution is -2.48. The molecule has 0 aliphatic heterocycles. The van der Waals surface area contributed by atoms with Gasteiger partial charge in [-0.3, -0.25) is 4.79 Å². The summed E-state index contributed by atoms with van der Waals surface area (Å²) in [7, 11) is 0. The van der Waals surface area contributed by atoms with Crippen LogP contribution in [0.1, 0.15) is 34.1 Å². The third-order valence-electron chi connectivity index (χ3n) is 2.91. The monoisotopic (exact) mass is 331 g/mol. The van der Waals surface area contributed by atoms with E-state index in [9.17, 15) is 9.18 Å². The Bertz CT molecular complexity index is 463. The molecule has 1 atom stereocenters. The molecule has 106 valence electrons. The second kappa shape index (κ2) is 6.37. The molecule has 1 aromatic carbocycles. The van der Waals surface area contributed by atoms with E-state index in [4.69, 9.17) is 4.74 Å². The van der Waals surface area contributed by atoms with Gasteiger partial charge >= 0.3 is 0 Å². The van der Waals surface area contributed by atoms with Crippen LogP contribution in [0.4, 0.5) is 4.39 Å². The van der Waals surface area contributed by atoms with Gasteiger partial charge in [-0.15, -0.1) is 0 Å². The number of rotatable bonds is 5. The van der Waals surface area contributed by atoms with Crippen molar-refractivity contribution >= 4 is 21.8 Å². The number of amides is 1. The van der Waals surface area contributed by atoms with Crippen molar-refractivity contribution in [3.63, 3.8) is 0 Å². The van der Waals surface area contributed by atoms with E-state index >= 15 is 0 Å². The summed E-state index contributed by atoms with van der Waals surface area (Å²) in [6, 6.07) is 4.09. The number of carbonyl (C=O) groups excluding carboxylic acids is 1. The predicted molar refractivity (Wildman–Crippen MR) is 76.7 cm³/mol. The first-order chi connectivity index (χ1) is 8.75. The van der Waals surface area contributed by atoms with Crippen molar-refractivity contribution in [3.8, 4) is 5.75 Å². The van der Waals surface area contributed by atoms with E-state index < -0.39 is 6.10 Å². The molecule has 0 fully saturated rings. The number of halogens is 2. The number of benzene rings is 1. The van der Waals surface area contributed by atoms with Gasteiger partial charge in [0.2, 0.25) is 0 Å². The highest BCUT2D eigenvalue weighted by Gasteiger charge is 2.23. The minimum absolute atomic E-state index is 0.192. The summed E-state index contributed by atoms with van der Waals surface area (Å²) >= 11 is 3.20. The number of nitrogens with one attached hydrogen (secondary N) is 1. The van der Waals surface area contributed by atoms with Crippen LogP contribution in [0.5, 0.6) is 5.75 Å². The quantitative estimate of drug-likeness (QED) is 0.894. The van der Waals surface area contributed by atoms with E-state index in [-0.39, 0.29) is 17.3 Å². The van der Waals surface area contributed by atoms with Crippen LogP contribution in [0, 0.1) is 5.82 Å². The van der Waals surface area contributed by atoms with E-state index in [0.29, 0.717) is 10.2 Å². The molecule has 0 saturated carbocycles. The van der Waals surface area contributed by atoms with Gasteiger partial charge in [-0.05, 0) is 61.3 Å². The highest BCUT2D eigenvalue weighted by Crippen LogP contribution is 2.26. The number of hydrogen-bond donors (Lipinski definition) is 1. The van der Waals surface area contributed by atoms with Crippen molar-refractivity contribution in [1.29, 1.82) is 0 Å². The molecule has 19 heavy (non-hydrogen) atoms. The summed E-state index contributed by atoms with van der Waals surface area (Å²) in [5, 5.41) is 2.90. The fraction of sp³-hybridized carbons (Fsp3) is 0.500. The molecule has 1 unspecified atom stereocenters. The Hall–Kier alpha value is -1.10. The Balaban J connectivity index is 2.69. The zero-order valence-electron chi connectivity index (χ0n) is 11.6. The third kappa shape index (κ3) is 4.82. The Kier molecular flexibility index (Phi) is 5.35. The van der Waals surface area contributed by atoms with E-state index in [1.807, 2.05) is 20.8 Å². The minimum atomic E-state index is -0.646.